The third kappa shape index (κ3) is 2.97. The van der Waals surface area contributed by atoms with Crippen LogP contribution in [-0.4, -0.2) is 37.3 Å². The minimum absolute atomic E-state index is 0.00855. The number of hydrogen-bond donors (Lipinski definition) is 1. The molecule has 9 nitrogen and oxygen atoms in total. The van der Waals surface area contributed by atoms with Gasteiger partial charge in [0.1, 0.15) is 16.7 Å². The Bertz CT molecular complexity index is 1040. The van der Waals surface area contributed by atoms with Crippen LogP contribution in [0.15, 0.2) is 39.8 Å². The minimum Gasteiger partial charge on any atom is -0.496 e. The van der Waals surface area contributed by atoms with Crippen molar-refractivity contribution >= 4 is 26.9 Å². The monoisotopic (exact) mass is 376 g/mol. The van der Waals surface area contributed by atoms with E-state index >= 15 is 0 Å². The van der Waals surface area contributed by atoms with Gasteiger partial charge in [-0.15, -0.1) is 5.10 Å². The molecule has 136 valence electrons. The lowest BCUT2D eigenvalue weighted by Gasteiger charge is -2.10. The second-order valence-electron chi connectivity index (χ2n) is 5.72. The van der Waals surface area contributed by atoms with Gasteiger partial charge in [-0.3, -0.25) is 4.98 Å². The zero-order valence-corrected chi connectivity index (χ0v) is 14.7. The normalized spacial score (nSPS) is 17.5. The van der Waals surface area contributed by atoms with Crippen molar-refractivity contribution in [3.8, 4) is 5.75 Å². The molecular weight excluding hydrogens is 360 g/mol. The van der Waals surface area contributed by atoms with Gasteiger partial charge in [0.05, 0.1) is 12.6 Å². The number of nitrogens with one attached hydrogen (secondary N) is 1. The first-order valence-electron chi connectivity index (χ1n) is 7.98. The summed E-state index contributed by atoms with van der Waals surface area (Å²) in [7, 11) is -2.47. The summed E-state index contributed by atoms with van der Waals surface area (Å²) in [4.78, 5) is 4.17. The van der Waals surface area contributed by atoms with Gasteiger partial charge < -0.3 is 13.9 Å². The number of hydrogen-bond acceptors (Lipinski definition) is 8. The van der Waals surface area contributed by atoms with E-state index in [-0.39, 0.29) is 22.9 Å². The average molecular weight is 376 g/mol. The summed E-state index contributed by atoms with van der Waals surface area (Å²) >= 11 is 0. The Morgan fingerprint density at radius 3 is 2.92 bits per heavy atom. The Hall–Kier alpha value is -2.72. The summed E-state index contributed by atoms with van der Waals surface area (Å²) < 4.78 is 44.0. The number of rotatable bonds is 5. The topological polar surface area (TPSA) is 116 Å². The first-order valence-corrected chi connectivity index (χ1v) is 9.46. The van der Waals surface area contributed by atoms with Crippen molar-refractivity contribution in [3.63, 3.8) is 0 Å². The number of aromatic nitrogens is 3. The summed E-state index contributed by atoms with van der Waals surface area (Å²) in [6.45, 7) is 0.623. The molecule has 3 aromatic rings. The number of pyridine rings is 1. The summed E-state index contributed by atoms with van der Waals surface area (Å²) in [6, 6.07) is 6.23. The maximum Gasteiger partial charge on any atom is 0.329 e. The van der Waals surface area contributed by atoms with Gasteiger partial charge in [-0.2, -0.15) is 0 Å². The Labute approximate surface area is 149 Å². The average Bonchev–Trinajstić information content (AvgIpc) is 3.32. The highest BCUT2D eigenvalue weighted by molar-refractivity contribution is 7.93. The molecule has 1 N–H and O–H groups in total. The van der Waals surface area contributed by atoms with E-state index in [0.717, 1.165) is 12.8 Å². The number of ether oxygens (including phenoxy) is 2. The standard InChI is InChI=1S/C16H16N4O5S/c1-23-11-6-7-13(14-10(11)4-2-8-17-14)26(21,22)20-16-19-18-15(25-16)12-5-3-9-24-12/h2,4,6-8,12H,3,5,9H2,1H3,(H,19,20). The van der Waals surface area contributed by atoms with Gasteiger partial charge in [0.15, 0.2) is 0 Å². The van der Waals surface area contributed by atoms with E-state index in [1.807, 2.05) is 0 Å². The van der Waals surface area contributed by atoms with E-state index in [9.17, 15) is 8.42 Å². The maximum absolute atomic E-state index is 12.8. The van der Waals surface area contributed by atoms with Gasteiger partial charge >= 0.3 is 6.01 Å². The Kier molecular flexibility index (Phi) is 4.21. The highest BCUT2D eigenvalue weighted by Crippen LogP contribution is 2.31. The fourth-order valence-corrected chi connectivity index (χ4v) is 3.95. The van der Waals surface area contributed by atoms with Crippen LogP contribution in [0.25, 0.3) is 10.9 Å². The molecule has 0 bridgehead atoms. The van der Waals surface area contributed by atoms with E-state index in [4.69, 9.17) is 13.9 Å². The number of anilines is 1. The van der Waals surface area contributed by atoms with E-state index in [0.29, 0.717) is 23.3 Å². The van der Waals surface area contributed by atoms with Crippen molar-refractivity contribution in [3.05, 3.63) is 36.4 Å². The van der Waals surface area contributed by atoms with Crippen LogP contribution >= 0.6 is 0 Å². The molecule has 0 aliphatic carbocycles. The molecule has 4 rings (SSSR count). The third-order valence-electron chi connectivity index (χ3n) is 4.07. The lowest BCUT2D eigenvalue weighted by molar-refractivity contribution is 0.0898. The summed E-state index contributed by atoms with van der Waals surface area (Å²) in [5, 5.41) is 8.20. The fourth-order valence-electron chi connectivity index (χ4n) is 2.86. The fraction of sp³-hybridized carbons (Fsp3) is 0.312. The van der Waals surface area contributed by atoms with Crippen molar-refractivity contribution in [2.24, 2.45) is 0 Å². The second-order valence-corrected chi connectivity index (χ2v) is 7.37. The number of sulfonamides is 1. The van der Waals surface area contributed by atoms with Crippen LogP contribution in [0.4, 0.5) is 6.01 Å². The molecule has 1 aliphatic rings. The molecular formula is C16H16N4O5S. The van der Waals surface area contributed by atoms with Crippen molar-refractivity contribution in [2.75, 3.05) is 18.4 Å². The smallest absolute Gasteiger partial charge is 0.329 e. The lowest BCUT2D eigenvalue weighted by Crippen LogP contribution is -2.14. The van der Waals surface area contributed by atoms with Crippen molar-refractivity contribution in [1.29, 1.82) is 0 Å². The molecule has 0 saturated carbocycles. The van der Waals surface area contributed by atoms with Crippen LogP contribution in [0.5, 0.6) is 5.75 Å². The predicted octanol–water partition coefficient (Wildman–Crippen LogP) is 2.28. The number of fused-ring (bicyclic) bond motifs is 1. The zero-order valence-electron chi connectivity index (χ0n) is 13.9. The van der Waals surface area contributed by atoms with E-state index in [1.165, 1.54) is 19.4 Å². The lowest BCUT2D eigenvalue weighted by atomic mass is 10.2. The van der Waals surface area contributed by atoms with Gasteiger partial charge in [-0.1, -0.05) is 5.10 Å². The highest BCUT2D eigenvalue weighted by Gasteiger charge is 2.26. The molecule has 10 heteroatoms. The molecule has 1 saturated heterocycles. The first-order chi connectivity index (χ1) is 12.6. The van der Waals surface area contributed by atoms with Gasteiger partial charge in [-0.25, -0.2) is 13.1 Å². The summed E-state index contributed by atoms with van der Waals surface area (Å²) in [5.41, 5.74) is 0.290. The van der Waals surface area contributed by atoms with Gasteiger partial charge in [-0.05, 0) is 37.1 Å². The van der Waals surface area contributed by atoms with Crippen molar-refractivity contribution in [2.45, 2.75) is 23.8 Å². The molecule has 1 atom stereocenters. The molecule has 0 spiro atoms. The first kappa shape index (κ1) is 16.7. The zero-order chi connectivity index (χ0) is 18.1. The second kappa shape index (κ2) is 6.54. The van der Waals surface area contributed by atoms with Gasteiger partial charge in [0.25, 0.3) is 10.0 Å². The molecule has 1 aliphatic heterocycles. The van der Waals surface area contributed by atoms with Crippen LogP contribution in [0, 0.1) is 0 Å². The van der Waals surface area contributed by atoms with Crippen molar-refractivity contribution in [1.82, 2.24) is 15.2 Å². The van der Waals surface area contributed by atoms with Crippen LogP contribution in [0.3, 0.4) is 0 Å². The summed E-state index contributed by atoms with van der Waals surface area (Å²) in [6.07, 6.45) is 2.89. The van der Waals surface area contributed by atoms with E-state index < -0.39 is 10.0 Å². The molecule has 1 fully saturated rings. The Morgan fingerprint density at radius 1 is 1.27 bits per heavy atom. The minimum atomic E-state index is -3.98. The number of nitrogens with zero attached hydrogens (tertiary/aromatic N) is 3. The van der Waals surface area contributed by atoms with Crippen LogP contribution < -0.4 is 9.46 Å². The van der Waals surface area contributed by atoms with E-state index in [2.05, 4.69) is 19.9 Å². The van der Waals surface area contributed by atoms with E-state index in [1.54, 1.807) is 18.2 Å². The van der Waals surface area contributed by atoms with Crippen LogP contribution in [0.2, 0.25) is 0 Å². The largest absolute Gasteiger partial charge is 0.496 e. The molecule has 2 aromatic heterocycles. The molecule has 3 heterocycles. The SMILES string of the molecule is COc1ccc(S(=O)(=O)Nc2nnc(C3CCCO3)o2)c2ncccc12. The molecule has 0 radical (unpaired) electrons. The van der Waals surface area contributed by atoms with Gasteiger partial charge in [0.2, 0.25) is 5.89 Å². The molecule has 26 heavy (non-hydrogen) atoms. The maximum atomic E-state index is 12.8. The number of benzene rings is 1. The van der Waals surface area contributed by atoms with Crippen molar-refractivity contribution < 1.29 is 22.3 Å². The molecule has 0 amide bonds. The quantitative estimate of drug-likeness (QED) is 0.721. The highest BCUT2D eigenvalue weighted by atomic mass is 32.2. The molecule has 1 unspecified atom stereocenters. The number of methoxy groups -OCH3 is 1. The van der Waals surface area contributed by atoms with Crippen LogP contribution in [0.1, 0.15) is 24.8 Å². The Balaban J connectivity index is 1.68. The summed E-state index contributed by atoms with van der Waals surface area (Å²) in [5.74, 6) is 0.795. The Morgan fingerprint density at radius 2 is 2.15 bits per heavy atom. The van der Waals surface area contributed by atoms with Gasteiger partial charge in [0, 0.05) is 18.2 Å². The molecule has 1 aromatic carbocycles. The third-order valence-corrected chi connectivity index (χ3v) is 5.42. The predicted molar refractivity (Wildman–Crippen MR) is 91.3 cm³/mol. The van der Waals surface area contributed by atoms with Crippen LogP contribution in [-0.2, 0) is 14.8 Å².